The zero-order valence-corrected chi connectivity index (χ0v) is 25.0. The van der Waals surface area contributed by atoms with Crippen molar-refractivity contribution in [3.8, 4) is 5.75 Å². The summed E-state index contributed by atoms with van der Waals surface area (Å²) in [7, 11) is 4.99. The van der Waals surface area contributed by atoms with Gasteiger partial charge in [-0.05, 0) is 57.4 Å². The number of aliphatic imine (C=N–C) groups is 1. The summed E-state index contributed by atoms with van der Waals surface area (Å²) in [4.78, 5) is 18.6. The number of alkyl halides is 2. The number of rotatable bonds is 7. The van der Waals surface area contributed by atoms with Crippen molar-refractivity contribution in [1.29, 1.82) is 0 Å². The van der Waals surface area contributed by atoms with Gasteiger partial charge < -0.3 is 15.4 Å². The van der Waals surface area contributed by atoms with Crippen molar-refractivity contribution in [3.63, 3.8) is 0 Å². The van der Waals surface area contributed by atoms with Crippen LogP contribution >= 0.6 is 11.6 Å². The topological polar surface area (TPSA) is 71.2 Å². The van der Waals surface area contributed by atoms with Crippen LogP contribution in [0, 0.1) is 6.92 Å². The molecule has 2 N–H and O–H groups in total. The monoisotopic (exact) mass is 544 g/mol. The van der Waals surface area contributed by atoms with E-state index in [0.717, 1.165) is 35.9 Å². The van der Waals surface area contributed by atoms with Crippen LogP contribution in [-0.4, -0.2) is 73.7 Å². The van der Waals surface area contributed by atoms with E-state index in [1.165, 1.54) is 0 Å². The summed E-state index contributed by atoms with van der Waals surface area (Å²) in [6.07, 6.45) is 2.38. The summed E-state index contributed by atoms with van der Waals surface area (Å²) in [6, 6.07) is 5.51. The second-order valence-electron chi connectivity index (χ2n) is 8.74. The van der Waals surface area contributed by atoms with Crippen molar-refractivity contribution in [2.45, 2.75) is 85.2 Å². The number of amides is 1. The van der Waals surface area contributed by atoms with Gasteiger partial charge >= 0.3 is 0 Å². The van der Waals surface area contributed by atoms with E-state index in [4.69, 9.17) is 22.1 Å². The Bertz CT molecular complexity index is 912. The minimum Gasteiger partial charge on any atom is -0.495 e. The zero-order valence-electron chi connectivity index (χ0n) is 24.3. The van der Waals surface area contributed by atoms with E-state index in [-0.39, 0.29) is 6.04 Å². The number of benzene rings is 1. The fourth-order valence-corrected chi connectivity index (χ4v) is 4.40. The van der Waals surface area contributed by atoms with Crippen molar-refractivity contribution >= 4 is 23.7 Å². The van der Waals surface area contributed by atoms with Crippen LogP contribution in [0.15, 0.2) is 34.5 Å². The fourth-order valence-electron chi connectivity index (χ4n) is 4.19. The van der Waals surface area contributed by atoms with Gasteiger partial charge in [-0.3, -0.25) is 14.7 Å². The molecule has 1 atom stereocenters. The van der Waals surface area contributed by atoms with Crippen LogP contribution in [0.1, 0.15) is 66.4 Å². The van der Waals surface area contributed by atoms with Gasteiger partial charge in [0.2, 0.25) is 6.41 Å². The summed E-state index contributed by atoms with van der Waals surface area (Å²) < 4.78 is 32.8. The number of methoxy groups -OCH3 is 1. The van der Waals surface area contributed by atoms with Crippen LogP contribution in [0.5, 0.6) is 5.75 Å². The largest absolute Gasteiger partial charge is 0.495 e. The molecule has 0 bridgehead atoms. The third-order valence-electron chi connectivity index (χ3n) is 6.70. The van der Waals surface area contributed by atoms with E-state index in [0.29, 0.717) is 43.1 Å². The van der Waals surface area contributed by atoms with E-state index in [1.807, 2.05) is 59.7 Å². The summed E-state index contributed by atoms with van der Waals surface area (Å²) in [5.41, 5.74) is 8.39. The summed E-state index contributed by atoms with van der Waals surface area (Å²) in [5.74, 6) is -2.00. The molecule has 6 nitrogen and oxygen atoms in total. The van der Waals surface area contributed by atoms with Gasteiger partial charge in [0.15, 0.2) is 0 Å². The molecule has 1 aromatic rings. The number of halogens is 3. The molecule has 37 heavy (non-hydrogen) atoms. The number of ether oxygens (including phenoxy) is 1. The van der Waals surface area contributed by atoms with E-state index in [2.05, 4.69) is 4.99 Å². The molecule has 0 aromatic heterocycles. The highest BCUT2D eigenvalue weighted by molar-refractivity contribution is 6.32. The molecule has 2 aliphatic rings. The van der Waals surface area contributed by atoms with Crippen LogP contribution in [0.4, 0.5) is 8.78 Å². The highest BCUT2D eigenvalue weighted by Gasteiger charge is 2.61. The first-order valence-electron chi connectivity index (χ1n) is 13.0. The van der Waals surface area contributed by atoms with Crippen LogP contribution in [-0.2, 0) is 4.79 Å². The SMILES string of the molecule is CC.CC.CN=C(CN(C)C1(C(C)(F)F)CC1)C1=C(N)C(C)N(C=O)CC1.COc1cccc(C)c1Cl. The Balaban J connectivity index is 0.000000771. The van der Waals surface area contributed by atoms with Crippen molar-refractivity contribution in [2.24, 2.45) is 10.7 Å². The molecule has 0 radical (unpaired) electrons. The Morgan fingerprint density at radius 1 is 1.32 bits per heavy atom. The normalized spacial score (nSPS) is 18.5. The fraction of sp³-hybridized carbons (Fsp3) is 0.643. The average molecular weight is 545 g/mol. The Kier molecular flexibility index (Phi) is 15.0. The van der Waals surface area contributed by atoms with Gasteiger partial charge in [-0.15, -0.1) is 0 Å². The Hall–Kier alpha value is -2.19. The number of hydrogen-bond acceptors (Lipinski definition) is 5. The minimum atomic E-state index is -2.74. The van der Waals surface area contributed by atoms with Crippen LogP contribution in [0.3, 0.4) is 0 Å². The van der Waals surface area contributed by atoms with Crippen LogP contribution < -0.4 is 10.5 Å². The summed E-state index contributed by atoms with van der Waals surface area (Å²) >= 11 is 5.87. The number of carbonyl (C=O) groups is 1. The Labute approximate surface area is 227 Å². The quantitative estimate of drug-likeness (QED) is 0.321. The molecule has 1 heterocycles. The molecule has 1 aliphatic carbocycles. The first kappa shape index (κ1) is 34.8. The van der Waals surface area contributed by atoms with Crippen molar-refractivity contribution < 1.29 is 18.3 Å². The lowest BCUT2D eigenvalue weighted by molar-refractivity contribution is -0.119. The third-order valence-corrected chi connectivity index (χ3v) is 7.19. The number of carbonyl (C=O) groups excluding carboxylic acids is 1. The van der Waals surface area contributed by atoms with Gasteiger partial charge in [0.1, 0.15) is 5.75 Å². The highest BCUT2D eigenvalue weighted by atomic mass is 35.5. The Morgan fingerprint density at radius 2 is 1.89 bits per heavy atom. The van der Waals surface area contributed by atoms with Crippen molar-refractivity contribution in [1.82, 2.24) is 9.80 Å². The summed E-state index contributed by atoms with van der Waals surface area (Å²) in [6.45, 7) is 13.7. The number of hydrogen-bond donors (Lipinski definition) is 1. The maximum atomic E-state index is 13.9. The smallest absolute Gasteiger partial charge is 0.263 e. The molecule has 3 rings (SSSR count). The third kappa shape index (κ3) is 8.67. The first-order chi connectivity index (χ1) is 17.4. The van der Waals surface area contributed by atoms with Gasteiger partial charge in [0.25, 0.3) is 5.92 Å². The standard InChI is InChI=1S/C16H26F2N4O.C8H9ClO.2C2H6/c1-11-14(19)12(5-8-22(11)10-23)13(20-3)9-21(4)16(6-7-16)15(2,17)18;1-6-4-3-5-7(10-2)8(6)9;2*1-2/h10-11H,5-9,19H2,1-4H3;3-5H,1-2H3;2*1-2H3. The molecule has 1 aromatic carbocycles. The van der Waals surface area contributed by atoms with E-state index < -0.39 is 11.5 Å². The molecule has 1 unspecified atom stereocenters. The van der Waals surface area contributed by atoms with Gasteiger partial charge in [0.05, 0.1) is 29.4 Å². The Morgan fingerprint density at radius 3 is 2.30 bits per heavy atom. The second kappa shape index (κ2) is 15.9. The maximum Gasteiger partial charge on any atom is 0.263 e. The molecule has 0 saturated heterocycles. The van der Waals surface area contributed by atoms with Crippen molar-refractivity contribution in [2.75, 3.05) is 34.3 Å². The second-order valence-corrected chi connectivity index (χ2v) is 9.12. The van der Waals surface area contributed by atoms with Gasteiger partial charge in [-0.2, -0.15) is 0 Å². The highest BCUT2D eigenvalue weighted by Crippen LogP contribution is 2.52. The first-order valence-corrected chi connectivity index (χ1v) is 13.3. The molecule has 1 amide bonds. The van der Waals surface area contributed by atoms with Gasteiger partial charge in [-0.1, -0.05) is 51.4 Å². The number of aryl methyl sites for hydroxylation is 1. The van der Waals surface area contributed by atoms with E-state index in [9.17, 15) is 13.6 Å². The molecule has 0 spiro atoms. The molecule has 1 aliphatic heterocycles. The van der Waals surface area contributed by atoms with Gasteiger partial charge in [0, 0.05) is 32.8 Å². The lowest BCUT2D eigenvalue weighted by atomic mass is 9.95. The van der Waals surface area contributed by atoms with Crippen LogP contribution in [0.25, 0.3) is 0 Å². The predicted octanol–water partition coefficient (Wildman–Crippen LogP) is 6.35. The number of nitrogens with two attached hydrogens (primary N) is 1. The van der Waals surface area contributed by atoms with E-state index in [1.54, 1.807) is 31.0 Å². The molecule has 1 saturated carbocycles. The number of nitrogens with zero attached hydrogens (tertiary/aromatic N) is 3. The average Bonchev–Trinajstić information content (AvgIpc) is 3.71. The lowest BCUT2D eigenvalue weighted by Gasteiger charge is -2.36. The maximum absolute atomic E-state index is 13.9. The molecular weight excluding hydrogens is 498 g/mol. The lowest BCUT2D eigenvalue weighted by Crippen LogP contribution is -2.49. The molecule has 9 heteroatoms. The van der Waals surface area contributed by atoms with E-state index >= 15 is 0 Å². The molecule has 212 valence electrons. The predicted molar refractivity (Wildman–Crippen MR) is 152 cm³/mol. The van der Waals surface area contributed by atoms with Crippen LogP contribution in [0.2, 0.25) is 5.02 Å². The summed E-state index contributed by atoms with van der Waals surface area (Å²) in [5, 5.41) is 0.699. The van der Waals surface area contributed by atoms with Crippen molar-refractivity contribution in [3.05, 3.63) is 40.1 Å². The molecule has 1 fully saturated rings. The molecular formula is C28H47ClF2N4O2. The minimum absolute atomic E-state index is 0.194. The van der Waals surface area contributed by atoms with Gasteiger partial charge in [-0.25, -0.2) is 8.78 Å². The zero-order chi connectivity index (χ0) is 29.0.